The molecule has 1 fully saturated rings. The van der Waals surface area contributed by atoms with Crippen LogP contribution >= 0.6 is 0 Å². The van der Waals surface area contributed by atoms with Crippen LogP contribution in [-0.2, 0) is 0 Å². The zero-order valence-corrected chi connectivity index (χ0v) is 13.1. The number of hydrogen-bond donors (Lipinski definition) is 2. The summed E-state index contributed by atoms with van der Waals surface area (Å²) in [7, 11) is 4.44. The van der Waals surface area contributed by atoms with Crippen molar-refractivity contribution in [3.63, 3.8) is 0 Å². The van der Waals surface area contributed by atoms with Crippen molar-refractivity contribution in [1.82, 2.24) is 9.80 Å². The van der Waals surface area contributed by atoms with Crippen LogP contribution in [0.25, 0.3) is 0 Å². The van der Waals surface area contributed by atoms with Gasteiger partial charge in [-0.2, -0.15) is 0 Å². The Bertz CT molecular complexity index is 238. The molecule has 0 aromatic carbocycles. The summed E-state index contributed by atoms with van der Waals surface area (Å²) in [4.78, 5) is 4.89. The number of nitrogens with two attached hydrogens (primary N) is 1. The van der Waals surface area contributed by atoms with Gasteiger partial charge in [-0.1, -0.05) is 6.42 Å². The van der Waals surface area contributed by atoms with E-state index in [0.29, 0.717) is 0 Å². The maximum absolute atomic E-state index is 9.10. The summed E-state index contributed by atoms with van der Waals surface area (Å²) in [5.41, 5.74) is 5.53. The third-order valence-corrected chi connectivity index (χ3v) is 4.31. The highest BCUT2D eigenvalue weighted by Gasteiger charge is 2.18. The molecule has 1 heterocycles. The van der Waals surface area contributed by atoms with Gasteiger partial charge in [0.1, 0.15) is 0 Å². The van der Waals surface area contributed by atoms with E-state index in [-0.39, 0.29) is 6.61 Å². The maximum Gasteiger partial charge on any atom is 0.0608 e. The Morgan fingerprint density at radius 3 is 2.53 bits per heavy atom. The molecule has 0 spiro atoms. The normalized spacial score (nSPS) is 21.8. The van der Waals surface area contributed by atoms with Crippen LogP contribution in [0.3, 0.4) is 0 Å². The van der Waals surface area contributed by atoms with Crippen molar-refractivity contribution >= 4 is 0 Å². The molecule has 1 rings (SSSR count). The van der Waals surface area contributed by atoms with E-state index >= 15 is 0 Å². The highest BCUT2D eigenvalue weighted by molar-refractivity contribution is 4.77. The van der Waals surface area contributed by atoms with Crippen molar-refractivity contribution in [2.45, 2.75) is 44.6 Å². The van der Waals surface area contributed by atoms with E-state index in [4.69, 9.17) is 10.8 Å². The van der Waals surface area contributed by atoms with Crippen LogP contribution < -0.4 is 5.73 Å². The minimum Gasteiger partial charge on any atom is -0.394 e. The van der Waals surface area contributed by atoms with Gasteiger partial charge in [0.15, 0.2) is 0 Å². The van der Waals surface area contributed by atoms with Gasteiger partial charge in [0.2, 0.25) is 0 Å². The highest BCUT2D eigenvalue weighted by Crippen LogP contribution is 2.17. The van der Waals surface area contributed by atoms with Gasteiger partial charge in [0.05, 0.1) is 6.61 Å². The number of nitrogens with zero attached hydrogens (tertiary/aromatic N) is 2. The molecule has 0 saturated carbocycles. The van der Waals surface area contributed by atoms with Crippen molar-refractivity contribution in [1.29, 1.82) is 0 Å². The summed E-state index contributed by atoms with van der Waals surface area (Å²) < 4.78 is 0. The molecular formula is C15H33N3O. The van der Waals surface area contributed by atoms with E-state index in [1.54, 1.807) is 0 Å². The second-order valence-electron chi connectivity index (χ2n) is 6.78. The lowest BCUT2D eigenvalue weighted by molar-refractivity contribution is 0.171. The molecule has 0 aliphatic carbocycles. The third-order valence-electron chi connectivity index (χ3n) is 4.31. The molecule has 1 atom stereocenters. The van der Waals surface area contributed by atoms with Gasteiger partial charge in [0, 0.05) is 12.1 Å². The molecule has 0 aromatic rings. The quantitative estimate of drug-likeness (QED) is 0.650. The minimum atomic E-state index is -0.396. The first-order chi connectivity index (χ1) is 8.93. The van der Waals surface area contributed by atoms with Crippen molar-refractivity contribution in [2.75, 3.05) is 46.9 Å². The summed E-state index contributed by atoms with van der Waals surface area (Å²) >= 11 is 0. The van der Waals surface area contributed by atoms with Crippen molar-refractivity contribution in [3.05, 3.63) is 0 Å². The molecule has 4 heteroatoms. The van der Waals surface area contributed by atoms with Crippen LogP contribution in [0.1, 0.15) is 39.0 Å². The van der Waals surface area contributed by atoms with Crippen LogP contribution in [0.5, 0.6) is 0 Å². The molecule has 4 nitrogen and oxygen atoms in total. The Morgan fingerprint density at radius 2 is 1.95 bits per heavy atom. The fourth-order valence-corrected chi connectivity index (χ4v) is 2.77. The van der Waals surface area contributed by atoms with E-state index in [9.17, 15) is 0 Å². The number of unbranched alkanes of at least 4 members (excludes halogenated alkanes) is 1. The van der Waals surface area contributed by atoms with E-state index in [1.807, 2.05) is 6.92 Å². The van der Waals surface area contributed by atoms with Crippen molar-refractivity contribution in [2.24, 2.45) is 11.7 Å². The third kappa shape index (κ3) is 7.25. The molecule has 1 aliphatic rings. The minimum absolute atomic E-state index is 0.0818. The monoisotopic (exact) mass is 271 g/mol. The second-order valence-corrected chi connectivity index (χ2v) is 6.78. The smallest absolute Gasteiger partial charge is 0.0608 e. The van der Waals surface area contributed by atoms with Gasteiger partial charge in [-0.3, -0.25) is 0 Å². The molecule has 0 bridgehead atoms. The predicted molar refractivity (Wildman–Crippen MR) is 81.2 cm³/mol. The van der Waals surface area contributed by atoms with E-state index in [0.717, 1.165) is 25.3 Å². The molecule has 114 valence electrons. The van der Waals surface area contributed by atoms with Crippen LogP contribution in [0.2, 0.25) is 0 Å². The molecule has 0 amide bonds. The van der Waals surface area contributed by atoms with Crippen LogP contribution in [0.4, 0.5) is 0 Å². The molecule has 1 aliphatic heterocycles. The summed E-state index contributed by atoms with van der Waals surface area (Å²) in [5, 5.41) is 9.10. The van der Waals surface area contributed by atoms with Crippen LogP contribution in [-0.4, -0.2) is 67.3 Å². The zero-order valence-electron chi connectivity index (χ0n) is 13.1. The van der Waals surface area contributed by atoms with Gasteiger partial charge in [-0.25, -0.2) is 0 Å². The number of aliphatic hydroxyl groups excluding tert-OH is 1. The molecule has 0 aromatic heterocycles. The Hall–Kier alpha value is -0.160. The first-order valence-corrected chi connectivity index (χ1v) is 7.70. The van der Waals surface area contributed by atoms with Crippen molar-refractivity contribution < 1.29 is 5.11 Å². The van der Waals surface area contributed by atoms with Gasteiger partial charge < -0.3 is 20.6 Å². The molecule has 0 radical (unpaired) electrons. The number of hydrogen-bond acceptors (Lipinski definition) is 4. The average molecular weight is 271 g/mol. The number of aliphatic hydroxyl groups is 1. The van der Waals surface area contributed by atoms with Crippen LogP contribution in [0.15, 0.2) is 0 Å². The first kappa shape index (κ1) is 16.9. The first-order valence-electron chi connectivity index (χ1n) is 7.70. The van der Waals surface area contributed by atoms with Gasteiger partial charge in [0.25, 0.3) is 0 Å². The number of rotatable bonds is 8. The standard InChI is InChI=1S/C15H33N3O/c1-15(16,13-19)8-4-5-9-18(3)12-14-6-10-17(2)11-7-14/h14,19H,4-13,16H2,1-3H3. The van der Waals surface area contributed by atoms with Crippen molar-refractivity contribution in [3.8, 4) is 0 Å². The fourth-order valence-electron chi connectivity index (χ4n) is 2.77. The lowest BCUT2D eigenvalue weighted by atomic mass is 9.96. The Kier molecular flexibility index (Phi) is 7.29. The Morgan fingerprint density at radius 1 is 1.32 bits per heavy atom. The second kappa shape index (κ2) is 8.20. The summed E-state index contributed by atoms with van der Waals surface area (Å²) in [6.45, 7) is 6.89. The largest absolute Gasteiger partial charge is 0.394 e. The number of likely N-dealkylation sites (tertiary alicyclic amines) is 1. The topological polar surface area (TPSA) is 52.7 Å². The average Bonchev–Trinajstić information content (AvgIpc) is 2.38. The molecular weight excluding hydrogens is 238 g/mol. The fraction of sp³-hybridized carbons (Fsp3) is 1.00. The lowest BCUT2D eigenvalue weighted by Crippen LogP contribution is -2.40. The van der Waals surface area contributed by atoms with E-state index in [2.05, 4.69) is 23.9 Å². The molecule has 1 unspecified atom stereocenters. The molecule has 3 N–H and O–H groups in total. The molecule has 19 heavy (non-hydrogen) atoms. The predicted octanol–water partition coefficient (Wildman–Crippen LogP) is 1.14. The summed E-state index contributed by atoms with van der Waals surface area (Å²) in [6.07, 6.45) is 5.87. The highest BCUT2D eigenvalue weighted by atomic mass is 16.3. The Balaban J connectivity index is 2.06. The number of piperidine rings is 1. The van der Waals surface area contributed by atoms with Gasteiger partial charge >= 0.3 is 0 Å². The summed E-state index contributed by atoms with van der Waals surface area (Å²) in [6, 6.07) is 0. The Labute approximate surface area is 118 Å². The van der Waals surface area contributed by atoms with Gasteiger partial charge in [-0.15, -0.1) is 0 Å². The van der Waals surface area contributed by atoms with E-state index < -0.39 is 5.54 Å². The maximum atomic E-state index is 9.10. The zero-order chi connectivity index (χ0) is 14.3. The lowest BCUT2D eigenvalue weighted by Gasteiger charge is -2.31. The molecule has 1 saturated heterocycles. The van der Waals surface area contributed by atoms with E-state index in [1.165, 1.54) is 38.9 Å². The SMILES string of the molecule is CN1CCC(CN(C)CCCCC(C)(N)CO)CC1. The van der Waals surface area contributed by atoms with Crippen LogP contribution in [0, 0.1) is 5.92 Å². The summed E-state index contributed by atoms with van der Waals surface area (Å²) in [5.74, 6) is 0.874. The van der Waals surface area contributed by atoms with Gasteiger partial charge in [-0.05, 0) is 72.3 Å².